The number of thioether (sulfide) groups is 1. The number of aliphatic imine (C=N–C) groups is 1. The summed E-state index contributed by atoms with van der Waals surface area (Å²) in [4.78, 5) is 20.3. The molecule has 0 N–H and O–H groups in total. The number of nitrogens with zero attached hydrogens (tertiary/aromatic N) is 2. The van der Waals surface area contributed by atoms with Gasteiger partial charge in [-0.2, -0.15) is 0 Å². The zero-order valence-corrected chi connectivity index (χ0v) is 17.4. The number of benzene rings is 2. The topological polar surface area (TPSA) is 41.9 Å². The molecule has 0 bridgehead atoms. The molecular weight excluding hydrogens is 368 g/mol. The van der Waals surface area contributed by atoms with Gasteiger partial charge in [0.1, 0.15) is 5.75 Å². The number of hydrogen-bond acceptors (Lipinski definition) is 4. The first-order valence-electron chi connectivity index (χ1n) is 9.65. The SMILES string of the molecule is CCCOc1ccccc1/C=C1/SC(=Nc2ccccc2)N(CC(C)C)C1=O. The van der Waals surface area contributed by atoms with Crippen LogP contribution in [0.4, 0.5) is 5.69 Å². The summed E-state index contributed by atoms with van der Waals surface area (Å²) in [6.07, 6.45) is 2.85. The summed E-state index contributed by atoms with van der Waals surface area (Å²) < 4.78 is 5.84. The van der Waals surface area contributed by atoms with Crippen molar-refractivity contribution in [2.75, 3.05) is 13.2 Å². The Morgan fingerprint density at radius 1 is 1.11 bits per heavy atom. The Balaban J connectivity index is 1.94. The van der Waals surface area contributed by atoms with Gasteiger partial charge in [0.15, 0.2) is 5.17 Å². The van der Waals surface area contributed by atoms with Gasteiger partial charge in [-0.1, -0.05) is 57.2 Å². The van der Waals surface area contributed by atoms with E-state index in [0.29, 0.717) is 24.0 Å². The molecule has 4 nitrogen and oxygen atoms in total. The van der Waals surface area contributed by atoms with Crippen LogP contribution in [0, 0.1) is 5.92 Å². The zero-order chi connectivity index (χ0) is 19.9. The van der Waals surface area contributed by atoms with Gasteiger partial charge in [-0.15, -0.1) is 0 Å². The van der Waals surface area contributed by atoms with Crippen LogP contribution in [0.15, 0.2) is 64.5 Å². The largest absolute Gasteiger partial charge is 0.493 e. The molecule has 1 amide bonds. The Morgan fingerprint density at radius 2 is 1.82 bits per heavy atom. The van der Waals surface area contributed by atoms with Crippen molar-refractivity contribution in [3.05, 3.63) is 65.1 Å². The predicted octanol–water partition coefficient (Wildman–Crippen LogP) is 5.74. The van der Waals surface area contributed by atoms with Gasteiger partial charge >= 0.3 is 0 Å². The smallest absolute Gasteiger partial charge is 0.266 e. The molecule has 28 heavy (non-hydrogen) atoms. The fourth-order valence-corrected chi connectivity index (χ4v) is 3.81. The molecule has 1 fully saturated rings. The van der Waals surface area contributed by atoms with Gasteiger partial charge in [0.05, 0.1) is 17.2 Å². The summed E-state index contributed by atoms with van der Waals surface area (Å²) in [5.74, 6) is 1.15. The molecule has 3 rings (SSSR count). The van der Waals surface area contributed by atoms with Gasteiger partial charge in [-0.05, 0) is 48.4 Å². The second kappa shape index (κ2) is 9.60. The van der Waals surface area contributed by atoms with E-state index in [-0.39, 0.29) is 5.91 Å². The molecule has 5 heteroatoms. The third-order valence-electron chi connectivity index (χ3n) is 4.08. The Labute approximate surface area is 171 Å². The van der Waals surface area contributed by atoms with Crippen LogP contribution in [0.3, 0.4) is 0 Å². The molecule has 1 heterocycles. The normalized spacial score (nSPS) is 17.1. The second-order valence-electron chi connectivity index (χ2n) is 7.04. The molecule has 0 radical (unpaired) electrons. The molecule has 146 valence electrons. The Bertz CT molecular complexity index is 875. The maximum absolute atomic E-state index is 13.1. The van der Waals surface area contributed by atoms with E-state index in [1.165, 1.54) is 11.8 Å². The van der Waals surface area contributed by atoms with Crippen LogP contribution < -0.4 is 4.74 Å². The van der Waals surface area contributed by atoms with E-state index in [4.69, 9.17) is 9.73 Å². The standard InChI is InChI=1S/C23H26N2O2S/c1-4-14-27-20-13-9-8-10-18(20)15-21-22(26)25(16-17(2)3)23(28-21)24-19-11-6-5-7-12-19/h5-13,15,17H,4,14,16H2,1-3H3/b21-15+,24-23?. The number of para-hydroxylation sites is 2. The molecule has 0 spiro atoms. The third-order valence-corrected chi connectivity index (χ3v) is 5.09. The Hall–Kier alpha value is -2.53. The summed E-state index contributed by atoms with van der Waals surface area (Å²) in [6, 6.07) is 17.6. The molecule has 0 aromatic heterocycles. The molecule has 1 saturated heterocycles. The minimum Gasteiger partial charge on any atom is -0.493 e. The van der Waals surface area contributed by atoms with E-state index in [1.54, 1.807) is 4.90 Å². The first kappa shape index (κ1) is 20.2. The van der Waals surface area contributed by atoms with E-state index < -0.39 is 0 Å². The van der Waals surface area contributed by atoms with Crippen LogP contribution in [0.25, 0.3) is 6.08 Å². The van der Waals surface area contributed by atoms with Crippen molar-refractivity contribution in [2.45, 2.75) is 27.2 Å². The molecule has 1 aliphatic heterocycles. The highest BCUT2D eigenvalue weighted by Gasteiger charge is 2.33. The fraction of sp³-hybridized carbons (Fsp3) is 0.304. The molecule has 2 aromatic rings. The van der Waals surface area contributed by atoms with Crippen LogP contribution >= 0.6 is 11.8 Å². The van der Waals surface area contributed by atoms with Gasteiger partial charge in [-0.3, -0.25) is 9.69 Å². The summed E-state index contributed by atoms with van der Waals surface area (Å²) in [7, 11) is 0. The number of carbonyl (C=O) groups excluding carboxylic acids is 1. The Kier molecular flexibility index (Phi) is 6.93. The molecule has 1 aliphatic rings. The number of rotatable bonds is 7. The highest BCUT2D eigenvalue weighted by molar-refractivity contribution is 8.18. The van der Waals surface area contributed by atoms with Crippen LogP contribution in [0.1, 0.15) is 32.8 Å². The van der Waals surface area contributed by atoms with Crippen molar-refractivity contribution in [3.8, 4) is 5.75 Å². The first-order valence-corrected chi connectivity index (χ1v) is 10.5. The van der Waals surface area contributed by atoms with Gasteiger partial charge in [0.25, 0.3) is 5.91 Å². The summed E-state index contributed by atoms with van der Waals surface area (Å²) in [5.41, 5.74) is 1.76. The van der Waals surface area contributed by atoms with Crippen LogP contribution in [0.2, 0.25) is 0 Å². The van der Waals surface area contributed by atoms with E-state index in [9.17, 15) is 4.79 Å². The van der Waals surface area contributed by atoms with Crippen LogP contribution in [-0.4, -0.2) is 29.1 Å². The predicted molar refractivity (Wildman–Crippen MR) is 118 cm³/mol. The van der Waals surface area contributed by atoms with E-state index in [1.807, 2.05) is 60.7 Å². The summed E-state index contributed by atoms with van der Waals surface area (Å²) in [5, 5.41) is 0.725. The zero-order valence-electron chi connectivity index (χ0n) is 16.6. The fourth-order valence-electron chi connectivity index (χ4n) is 2.81. The number of carbonyl (C=O) groups is 1. The first-order chi connectivity index (χ1) is 13.6. The molecule has 0 unspecified atom stereocenters. The van der Waals surface area contributed by atoms with Crippen molar-refractivity contribution in [1.82, 2.24) is 4.90 Å². The average Bonchev–Trinajstić information content (AvgIpc) is 2.96. The lowest BCUT2D eigenvalue weighted by Crippen LogP contribution is -2.32. The van der Waals surface area contributed by atoms with Crippen molar-refractivity contribution < 1.29 is 9.53 Å². The molecule has 0 atom stereocenters. The Morgan fingerprint density at radius 3 is 2.54 bits per heavy atom. The minimum atomic E-state index is -0.00123. The van der Waals surface area contributed by atoms with Gasteiger partial charge in [0, 0.05) is 12.1 Å². The van der Waals surface area contributed by atoms with Crippen molar-refractivity contribution in [3.63, 3.8) is 0 Å². The highest BCUT2D eigenvalue weighted by Crippen LogP contribution is 2.36. The molecule has 0 aliphatic carbocycles. The third kappa shape index (κ3) is 5.04. The molecular formula is C23H26N2O2S. The number of amides is 1. The maximum Gasteiger partial charge on any atom is 0.266 e. The van der Waals surface area contributed by atoms with E-state index >= 15 is 0 Å². The van der Waals surface area contributed by atoms with Crippen LogP contribution in [0.5, 0.6) is 5.75 Å². The lowest BCUT2D eigenvalue weighted by molar-refractivity contribution is -0.122. The maximum atomic E-state index is 13.1. The molecule has 0 saturated carbocycles. The lowest BCUT2D eigenvalue weighted by atomic mass is 10.1. The summed E-state index contributed by atoms with van der Waals surface area (Å²) in [6.45, 7) is 7.58. The monoisotopic (exact) mass is 394 g/mol. The van der Waals surface area contributed by atoms with E-state index in [2.05, 4.69) is 20.8 Å². The highest BCUT2D eigenvalue weighted by atomic mass is 32.2. The van der Waals surface area contributed by atoms with Gasteiger partial charge < -0.3 is 4.74 Å². The van der Waals surface area contributed by atoms with Crippen LogP contribution in [-0.2, 0) is 4.79 Å². The average molecular weight is 395 g/mol. The molecule has 2 aromatic carbocycles. The minimum absolute atomic E-state index is 0.00123. The van der Waals surface area contributed by atoms with Crippen molar-refractivity contribution >= 4 is 34.6 Å². The number of hydrogen-bond donors (Lipinski definition) is 0. The van der Waals surface area contributed by atoms with Crippen molar-refractivity contribution in [1.29, 1.82) is 0 Å². The lowest BCUT2D eigenvalue weighted by Gasteiger charge is -2.17. The van der Waals surface area contributed by atoms with E-state index in [0.717, 1.165) is 28.6 Å². The number of ether oxygens (including phenoxy) is 1. The number of amidine groups is 1. The quantitative estimate of drug-likeness (QED) is 0.563. The van der Waals surface area contributed by atoms with Gasteiger partial charge in [0.2, 0.25) is 0 Å². The van der Waals surface area contributed by atoms with Crippen molar-refractivity contribution in [2.24, 2.45) is 10.9 Å². The van der Waals surface area contributed by atoms with Gasteiger partial charge in [-0.25, -0.2) is 4.99 Å². The summed E-state index contributed by atoms with van der Waals surface area (Å²) >= 11 is 1.42. The second-order valence-corrected chi connectivity index (χ2v) is 8.05.